The van der Waals surface area contributed by atoms with Gasteiger partial charge in [-0.2, -0.15) is 0 Å². The molecule has 2 aromatic rings. The van der Waals surface area contributed by atoms with Crippen molar-refractivity contribution in [1.82, 2.24) is 0 Å². The van der Waals surface area contributed by atoms with Gasteiger partial charge in [0, 0.05) is 12.1 Å². The highest BCUT2D eigenvalue weighted by Crippen LogP contribution is 2.35. The van der Waals surface area contributed by atoms with Crippen LogP contribution in [0.15, 0.2) is 30.3 Å². The molecule has 0 spiro atoms. The third-order valence-electron chi connectivity index (χ3n) is 3.20. The Morgan fingerprint density at radius 2 is 1.52 bits per heavy atom. The normalized spacial score (nSPS) is 14.9. The molecule has 1 aliphatic rings. The lowest BCUT2D eigenvalue weighted by Crippen LogP contribution is -2.16. The summed E-state index contributed by atoms with van der Waals surface area (Å²) >= 11 is 0. The first-order valence-corrected chi connectivity index (χ1v) is 6.28. The van der Waals surface area contributed by atoms with Crippen LogP contribution in [-0.4, -0.2) is 18.3 Å². The Morgan fingerprint density at radius 1 is 0.905 bits per heavy atom. The van der Waals surface area contributed by atoms with Crippen LogP contribution in [0.2, 0.25) is 0 Å². The SMILES string of the molecule is OC(c1ccc2c(c1)OCCO2)c1c(F)cc(F)cc1F. The summed E-state index contributed by atoms with van der Waals surface area (Å²) in [5.74, 6) is -2.44. The van der Waals surface area contributed by atoms with E-state index in [1.165, 1.54) is 12.1 Å². The first-order valence-electron chi connectivity index (χ1n) is 6.28. The van der Waals surface area contributed by atoms with Crippen molar-refractivity contribution < 1.29 is 27.8 Å². The van der Waals surface area contributed by atoms with E-state index >= 15 is 0 Å². The van der Waals surface area contributed by atoms with E-state index in [0.29, 0.717) is 36.8 Å². The third kappa shape index (κ3) is 2.54. The lowest BCUT2D eigenvalue weighted by atomic mass is 10.00. The van der Waals surface area contributed by atoms with Gasteiger partial charge in [0.2, 0.25) is 0 Å². The van der Waals surface area contributed by atoms with Crippen LogP contribution in [0.25, 0.3) is 0 Å². The molecule has 0 saturated carbocycles. The number of hydrogen-bond acceptors (Lipinski definition) is 3. The number of hydrogen-bond donors (Lipinski definition) is 1. The van der Waals surface area contributed by atoms with Gasteiger partial charge in [-0.25, -0.2) is 13.2 Å². The van der Waals surface area contributed by atoms with E-state index in [-0.39, 0.29) is 5.56 Å². The number of ether oxygens (including phenoxy) is 2. The lowest BCUT2D eigenvalue weighted by molar-refractivity contribution is 0.169. The average molecular weight is 296 g/mol. The summed E-state index contributed by atoms with van der Waals surface area (Å²) in [4.78, 5) is 0. The van der Waals surface area contributed by atoms with E-state index in [2.05, 4.69) is 0 Å². The molecule has 1 heterocycles. The van der Waals surface area contributed by atoms with E-state index < -0.39 is 29.1 Å². The zero-order chi connectivity index (χ0) is 15.0. The Bertz CT molecular complexity index is 665. The minimum absolute atomic E-state index is 0.226. The molecular formula is C15H11F3O3. The van der Waals surface area contributed by atoms with Gasteiger partial charge in [-0.15, -0.1) is 0 Å². The fraction of sp³-hybridized carbons (Fsp3) is 0.200. The van der Waals surface area contributed by atoms with Crippen LogP contribution < -0.4 is 9.47 Å². The lowest BCUT2D eigenvalue weighted by Gasteiger charge is -2.20. The number of benzene rings is 2. The molecular weight excluding hydrogens is 285 g/mol. The monoisotopic (exact) mass is 296 g/mol. The molecule has 1 aliphatic heterocycles. The molecule has 1 unspecified atom stereocenters. The smallest absolute Gasteiger partial charge is 0.161 e. The quantitative estimate of drug-likeness (QED) is 0.926. The molecule has 0 saturated heterocycles. The molecule has 21 heavy (non-hydrogen) atoms. The first kappa shape index (κ1) is 13.8. The maximum absolute atomic E-state index is 13.7. The van der Waals surface area contributed by atoms with Gasteiger partial charge >= 0.3 is 0 Å². The molecule has 0 aliphatic carbocycles. The summed E-state index contributed by atoms with van der Waals surface area (Å²) in [6, 6.07) is 5.52. The van der Waals surface area contributed by atoms with Gasteiger partial charge in [-0.3, -0.25) is 0 Å². The third-order valence-corrected chi connectivity index (χ3v) is 3.20. The number of aliphatic hydroxyl groups excluding tert-OH is 1. The van der Waals surface area contributed by atoms with Crippen molar-refractivity contribution in [3.63, 3.8) is 0 Å². The summed E-state index contributed by atoms with van der Waals surface area (Å²) in [7, 11) is 0. The molecule has 110 valence electrons. The summed E-state index contributed by atoms with van der Waals surface area (Å²) in [6.07, 6.45) is -1.57. The van der Waals surface area contributed by atoms with Crippen molar-refractivity contribution in [1.29, 1.82) is 0 Å². The maximum Gasteiger partial charge on any atom is 0.161 e. The van der Waals surface area contributed by atoms with Crippen LogP contribution in [-0.2, 0) is 0 Å². The fourth-order valence-corrected chi connectivity index (χ4v) is 2.21. The molecule has 6 heteroatoms. The second-order valence-corrected chi connectivity index (χ2v) is 4.59. The Kier molecular flexibility index (Phi) is 3.47. The van der Waals surface area contributed by atoms with Crippen LogP contribution >= 0.6 is 0 Å². The van der Waals surface area contributed by atoms with Crippen molar-refractivity contribution in [2.24, 2.45) is 0 Å². The molecule has 0 radical (unpaired) electrons. The van der Waals surface area contributed by atoms with Crippen LogP contribution in [0.1, 0.15) is 17.2 Å². The van der Waals surface area contributed by atoms with Crippen molar-refractivity contribution in [2.45, 2.75) is 6.10 Å². The van der Waals surface area contributed by atoms with Gasteiger partial charge in [0.25, 0.3) is 0 Å². The van der Waals surface area contributed by atoms with E-state index in [1.54, 1.807) is 6.07 Å². The zero-order valence-corrected chi connectivity index (χ0v) is 10.8. The van der Waals surface area contributed by atoms with E-state index in [9.17, 15) is 18.3 Å². The highest BCUT2D eigenvalue weighted by Gasteiger charge is 2.23. The largest absolute Gasteiger partial charge is 0.486 e. The second-order valence-electron chi connectivity index (χ2n) is 4.59. The standard InChI is InChI=1S/C15H11F3O3/c16-9-6-10(17)14(11(18)7-9)15(19)8-1-2-12-13(5-8)21-4-3-20-12/h1-2,5-7,15,19H,3-4H2. The van der Waals surface area contributed by atoms with E-state index in [4.69, 9.17) is 9.47 Å². The highest BCUT2D eigenvalue weighted by molar-refractivity contribution is 5.46. The number of aliphatic hydroxyl groups is 1. The molecule has 2 aromatic carbocycles. The van der Waals surface area contributed by atoms with Gasteiger partial charge < -0.3 is 14.6 Å². The van der Waals surface area contributed by atoms with Crippen molar-refractivity contribution in [3.8, 4) is 11.5 Å². The summed E-state index contributed by atoms with van der Waals surface area (Å²) < 4.78 is 51.0. The molecule has 1 atom stereocenters. The van der Waals surface area contributed by atoms with E-state index in [1.807, 2.05) is 0 Å². The number of rotatable bonds is 2. The van der Waals surface area contributed by atoms with Crippen LogP contribution in [0.4, 0.5) is 13.2 Å². The van der Waals surface area contributed by atoms with Gasteiger partial charge in [-0.1, -0.05) is 6.07 Å². The molecule has 0 fully saturated rings. The van der Waals surface area contributed by atoms with Crippen molar-refractivity contribution >= 4 is 0 Å². The van der Waals surface area contributed by atoms with Gasteiger partial charge in [0.15, 0.2) is 11.5 Å². The summed E-state index contributed by atoms with van der Waals surface area (Å²) in [6.45, 7) is 0.766. The average Bonchev–Trinajstić information content (AvgIpc) is 2.45. The van der Waals surface area contributed by atoms with Crippen LogP contribution in [0.3, 0.4) is 0 Å². The number of fused-ring (bicyclic) bond motifs is 1. The van der Waals surface area contributed by atoms with Crippen LogP contribution in [0.5, 0.6) is 11.5 Å². The fourth-order valence-electron chi connectivity index (χ4n) is 2.21. The van der Waals surface area contributed by atoms with Crippen LogP contribution in [0, 0.1) is 17.5 Å². The van der Waals surface area contributed by atoms with Crippen molar-refractivity contribution in [2.75, 3.05) is 13.2 Å². The molecule has 1 N–H and O–H groups in total. The Morgan fingerprint density at radius 3 is 2.19 bits per heavy atom. The Hall–Kier alpha value is -2.21. The minimum Gasteiger partial charge on any atom is -0.486 e. The first-order chi connectivity index (χ1) is 10.1. The molecule has 0 amide bonds. The van der Waals surface area contributed by atoms with Crippen molar-refractivity contribution in [3.05, 3.63) is 58.9 Å². The maximum atomic E-state index is 13.7. The van der Waals surface area contributed by atoms with Gasteiger partial charge in [0.1, 0.15) is 36.8 Å². The summed E-state index contributed by atoms with van der Waals surface area (Å²) in [5.41, 5.74) is -0.378. The van der Waals surface area contributed by atoms with Gasteiger partial charge in [-0.05, 0) is 17.7 Å². The van der Waals surface area contributed by atoms with E-state index in [0.717, 1.165) is 0 Å². The predicted octanol–water partition coefficient (Wildman–Crippen LogP) is 2.96. The molecule has 3 rings (SSSR count). The second kappa shape index (κ2) is 5.29. The molecule has 0 bridgehead atoms. The topological polar surface area (TPSA) is 38.7 Å². The minimum atomic E-state index is -1.57. The van der Waals surface area contributed by atoms with Gasteiger partial charge in [0.05, 0.1) is 5.56 Å². The Labute approximate surface area is 118 Å². The Balaban J connectivity index is 2.01. The molecule has 0 aromatic heterocycles. The summed E-state index contributed by atoms with van der Waals surface area (Å²) in [5, 5.41) is 10.1. The highest BCUT2D eigenvalue weighted by atomic mass is 19.1. The molecule has 3 nitrogen and oxygen atoms in total. The predicted molar refractivity (Wildman–Crippen MR) is 67.8 cm³/mol. The zero-order valence-electron chi connectivity index (χ0n) is 10.8. The number of halogens is 3.